The summed E-state index contributed by atoms with van der Waals surface area (Å²) >= 11 is 0. The molecule has 3 nitrogen and oxygen atoms in total. The zero-order valence-corrected chi connectivity index (χ0v) is 19.7. The molecule has 166 valence electrons. The van der Waals surface area contributed by atoms with Crippen molar-refractivity contribution >= 4 is 17.5 Å². The molecular formula is C28H38N2O. The van der Waals surface area contributed by atoms with Crippen LogP contribution in [0.4, 0.5) is 11.4 Å². The molecule has 2 aliphatic heterocycles. The molecule has 0 aromatic heterocycles. The lowest BCUT2D eigenvalue weighted by Crippen LogP contribution is -2.51. The highest BCUT2D eigenvalue weighted by Crippen LogP contribution is 2.54. The lowest BCUT2D eigenvalue weighted by molar-refractivity contribution is 0.000337. The fraction of sp³-hybridized carbons (Fsp3) is 0.500. The molecule has 0 spiro atoms. The van der Waals surface area contributed by atoms with Gasteiger partial charge >= 0.3 is 0 Å². The van der Waals surface area contributed by atoms with E-state index >= 15 is 0 Å². The highest BCUT2D eigenvalue weighted by Gasteiger charge is 2.58. The Morgan fingerprint density at radius 3 is 2.32 bits per heavy atom. The van der Waals surface area contributed by atoms with E-state index in [1.54, 1.807) is 0 Å². The first-order chi connectivity index (χ1) is 15.0. The van der Waals surface area contributed by atoms with Gasteiger partial charge < -0.3 is 14.5 Å². The molecule has 1 unspecified atom stereocenters. The van der Waals surface area contributed by atoms with Gasteiger partial charge in [0.05, 0.1) is 6.61 Å². The monoisotopic (exact) mass is 418 g/mol. The van der Waals surface area contributed by atoms with E-state index < -0.39 is 5.72 Å². The van der Waals surface area contributed by atoms with Crippen LogP contribution < -0.4 is 9.80 Å². The summed E-state index contributed by atoms with van der Waals surface area (Å²) in [5.41, 5.74) is 4.73. The number of unbranched alkanes of at least 4 members (excludes halogenated alkanes) is 2. The Morgan fingerprint density at radius 1 is 0.968 bits per heavy atom. The van der Waals surface area contributed by atoms with Crippen molar-refractivity contribution in [2.24, 2.45) is 0 Å². The van der Waals surface area contributed by atoms with Crippen molar-refractivity contribution in [1.82, 2.24) is 0 Å². The van der Waals surface area contributed by atoms with E-state index in [0.717, 1.165) is 26.2 Å². The second-order valence-electron chi connectivity index (χ2n) is 9.46. The van der Waals surface area contributed by atoms with Gasteiger partial charge in [0.1, 0.15) is 0 Å². The summed E-state index contributed by atoms with van der Waals surface area (Å²) < 4.78 is 6.47. The quantitative estimate of drug-likeness (QED) is 0.454. The van der Waals surface area contributed by atoms with E-state index in [2.05, 4.69) is 98.2 Å². The van der Waals surface area contributed by atoms with E-state index in [1.165, 1.54) is 48.2 Å². The molecule has 0 radical (unpaired) electrons. The Bertz CT molecular complexity index is 893. The molecule has 1 saturated heterocycles. The number of para-hydroxylation sites is 1. The second-order valence-corrected chi connectivity index (χ2v) is 9.46. The molecule has 4 rings (SSSR count). The number of fused-ring (bicyclic) bond motifs is 3. The van der Waals surface area contributed by atoms with Crippen LogP contribution in [0.25, 0.3) is 6.08 Å². The van der Waals surface area contributed by atoms with Gasteiger partial charge in [0, 0.05) is 36.4 Å². The molecule has 0 aliphatic carbocycles. The first-order valence-electron chi connectivity index (χ1n) is 12.1. The number of nitrogens with zero attached hydrogens (tertiary/aromatic N) is 2. The van der Waals surface area contributed by atoms with Crippen LogP contribution in [0.15, 0.2) is 54.6 Å². The van der Waals surface area contributed by atoms with Crippen LogP contribution in [0.1, 0.15) is 64.5 Å². The van der Waals surface area contributed by atoms with E-state index in [0.29, 0.717) is 0 Å². The maximum Gasteiger partial charge on any atom is 0.170 e. The Labute approximate surface area is 188 Å². The molecule has 0 bridgehead atoms. The Balaban J connectivity index is 1.56. The van der Waals surface area contributed by atoms with E-state index in [4.69, 9.17) is 4.74 Å². The van der Waals surface area contributed by atoms with Crippen LogP contribution in [-0.2, 0) is 10.2 Å². The Hall–Kier alpha value is -2.26. The number of rotatable bonds is 9. The van der Waals surface area contributed by atoms with E-state index in [9.17, 15) is 0 Å². The van der Waals surface area contributed by atoms with Crippen LogP contribution in [0.3, 0.4) is 0 Å². The molecule has 0 amide bonds. The standard InChI is InChI=1S/C28H38N2O/c1-5-7-19-29(20-8-6-2)24-15-13-23(14-16-24)17-18-28-27(3,4)25-11-9-10-12-26(25)30(28)21-22-31-28/h9-18H,5-8,19-22H2,1-4H3/b18-17+. The maximum absolute atomic E-state index is 6.47. The van der Waals surface area contributed by atoms with Crippen LogP contribution in [0.2, 0.25) is 0 Å². The lowest BCUT2D eigenvalue weighted by atomic mass is 9.77. The molecular weight excluding hydrogens is 380 g/mol. The smallest absolute Gasteiger partial charge is 0.170 e. The number of hydrogen-bond acceptors (Lipinski definition) is 3. The molecule has 3 heteroatoms. The van der Waals surface area contributed by atoms with Gasteiger partial charge in [0.2, 0.25) is 0 Å². The molecule has 2 heterocycles. The van der Waals surface area contributed by atoms with Gasteiger partial charge in [-0.2, -0.15) is 0 Å². The average molecular weight is 419 g/mol. The third-order valence-electron chi connectivity index (χ3n) is 7.12. The lowest BCUT2D eigenvalue weighted by Gasteiger charge is -2.39. The molecule has 31 heavy (non-hydrogen) atoms. The molecule has 0 N–H and O–H groups in total. The molecule has 2 aromatic carbocycles. The van der Waals surface area contributed by atoms with Crippen molar-refractivity contribution in [3.8, 4) is 0 Å². The first kappa shape index (κ1) is 22.0. The minimum atomic E-state index is -0.413. The fourth-order valence-corrected chi connectivity index (χ4v) is 5.20. The highest BCUT2D eigenvalue weighted by molar-refractivity contribution is 5.70. The number of ether oxygens (including phenoxy) is 1. The summed E-state index contributed by atoms with van der Waals surface area (Å²) in [5.74, 6) is 0. The van der Waals surface area contributed by atoms with Crippen molar-refractivity contribution in [3.05, 3.63) is 65.7 Å². The van der Waals surface area contributed by atoms with Crippen LogP contribution >= 0.6 is 0 Å². The van der Waals surface area contributed by atoms with Crippen molar-refractivity contribution in [2.75, 3.05) is 36.0 Å². The van der Waals surface area contributed by atoms with Crippen molar-refractivity contribution in [2.45, 2.75) is 64.5 Å². The SMILES string of the molecule is CCCCN(CCCC)c1ccc(/C=C/C23OCCN2c2ccccc2C3(C)C)cc1. The van der Waals surface area contributed by atoms with Gasteiger partial charge in [-0.15, -0.1) is 0 Å². The third-order valence-corrected chi connectivity index (χ3v) is 7.12. The van der Waals surface area contributed by atoms with Crippen LogP contribution in [0.5, 0.6) is 0 Å². The number of hydrogen-bond donors (Lipinski definition) is 0. The van der Waals surface area contributed by atoms with Gasteiger partial charge in [0.15, 0.2) is 5.72 Å². The highest BCUT2D eigenvalue weighted by atomic mass is 16.5. The second kappa shape index (κ2) is 9.08. The van der Waals surface area contributed by atoms with Gasteiger partial charge in [-0.1, -0.05) is 76.9 Å². The van der Waals surface area contributed by atoms with Crippen molar-refractivity contribution in [3.63, 3.8) is 0 Å². The summed E-state index contributed by atoms with van der Waals surface area (Å²) in [7, 11) is 0. The van der Waals surface area contributed by atoms with Gasteiger partial charge in [-0.3, -0.25) is 0 Å². The number of anilines is 2. The van der Waals surface area contributed by atoms with Gasteiger partial charge in [-0.25, -0.2) is 0 Å². The fourth-order valence-electron chi connectivity index (χ4n) is 5.20. The van der Waals surface area contributed by atoms with Crippen LogP contribution in [0, 0.1) is 0 Å². The number of benzene rings is 2. The Morgan fingerprint density at radius 2 is 1.65 bits per heavy atom. The van der Waals surface area contributed by atoms with E-state index in [-0.39, 0.29) is 5.41 Å². The molecule has 2 aliphatic rings. The van der Waals surface area contributed by atoms with Gasteiger partial charge in [-0.05, 0) is 48.2 Å². The van der Waals surface area contributed by atoms with Crippen molar-refractivity contribution in [1.29, 1.82) is 0 Å². The molecule has 1 fully saturated rings. The van der Waals surface area contributed by atoms with E-state index in [1.807, 2.05) is 0 Å². The predicted octanol–water partition coefficient (Wildman–Crippen LogP) is 6.63. The predicted molar refractivity (Wildman–Crippen MR) is 133 cm³/mol. The summed E-state index contributed by atoms with van der Waals surface area (Å²) in [4.78, 5) is 4.99. The topological polar surface area (TPSA) is 15.7 Å². The largest absolute Gasteiger partial charge is 0.372 e. The zero-order chi connectivity index (χ0) is 21.9. The minimum absolute atomic E-state index is 0.104. The van der Waals surface area contributed by atoms with Crippen LogP contribution in [-0.4, -0.2) is 32.0 Å². The molecule has 1 atom stereocenters. The molecule has 0 saturated carbocycles. The summed E-state index contributed by atoms with van der Waals surface area (Å²) in [6, 6.07) is 17.8. The van der Waals surface area contributed by atoms with Gasteiger partial charge in [0.25, 0.3) is 0 Å². The average Bonchev–Trinajstić information content (AvgIpc) is 3.30. The molecule has 2 aromatic rings. The summed E-state index contributed by atoms with van der Waals surface area (Å²) in [5, 5.41) is 0. The minimum Gasteiger partial charge on any atom is -0.372 e. The maximum atomic E-state index is 6.47. The van der Waals surface area contributed by atoms with Crippen molar-refractivity contribution < 1.29 is 4.74 Å². The zero-order valence-electron chi connectivity index (χ0n) is 19.7. The summed E-state index contributed by atoms with van der Waals surface area (Å²) in [6.07, 6.45) is 9.51. The first-order valence-corrected chi connectivity index (χ1v) is 12.1. The summed E-state index contributed by atoms with van der Waals surface area (Å²) in [6.45, 7) is 13.1. The third kappa shape index (κ3) is 3.89. The normalized spacial score (nSPS) is 21.5. The Kier molecular flexibility index (Phi) is 6.43.